The van der Waals surface area contributed by atoms with Crippen LogP contribution in [0.4, 0.5) is 0 Å². The maximum atomic E-state index is 12.7. The van der Waals surface area contributed by atoms with Crippen LogP contribution in [0.1, 0.15) is 36.7 Å². The van der Waals surface area contributed by atoms with Crippen molar-refractivity contribution in [3.8, 4) is 0 Å². The molecule has 0 saturated heterocycles. The van der Waals surface area contributed by atoms with Crippen LogP contribution < -0.4 is 5.32 Å². The Morgan fingerprint density at radius 3 is 2.10 bits per heavy atom. The lowest BCUT2D eigenvalue weighted by molar-refractivity contribution is -0.121. The van der Waals surface area contributed by atoms with Crippen molar-refractivity contribution in [3.05, 3.63) is 64.7 Å². The van der Waals surface area contributed by atoms with Crippen molar-refractivity contribution in [1.82, 2.24) is 9.62 Å². The third kappa shape index (κ3) is 5.88. The fourth-order valence-electron chi connectivity index (χ4n) is 2.71. The van der Waals surface area contributed by atoms with Crippen LogP contribution in [-0.2, 0) is 20.2 Å². The fourth-order valence-corrected chi connectivity index (χ4v) is 3.96. The zero-order valence-electron chi connectivity index (χ0n) is 16.9. The van der Waals surface area contributed by atoms with Crippen molar-refractivity contribution in [1.29, 1.82) is 0 Å². The van der Waals surface area contributed by atoms with E-state index in [0.29, 0.717) is 17.1 Å². The lowest BCUT2D eigenvalue weighted by Gasteiger charge is -2.26. The molecule has 2 aromatic rings. The highest BCUT2D eigenvalue weighted by atomic mass is 35.5. The minimum Gasteiger partial charge on any atom is -0.354 e. The summed E-state index contributed by atoms with van der Waals surface area (Å²) in [5, 5.41) is 3.43. The first kappa shape index (κ1) is 23.1. The second-order valence-electron chi connectivity index (χ2n) is 7.51. The number of halogens is 1. The van der Waals surface area contributed by atoms with E-state index < -0.39 is 15.9 Å². The maximum Gasteiger partial charge on any atom is 0.243 e. The van der Waals surface area contributed by atoms with Crippen LogP contribution >= 0.6 is 11.6 Å². The molecule has 1 amide bonds. The molecule has 0 saturated carbocycles. The number of amides is 1. The largest absolute Gasteiger partial charge is 0.354 e. The van der Waals surface area contributed by atoms with Gasteiger partial charge in [-0.1, -0.05) is 49.7 Å². The van der Waals surface area contributed by atoms with Crippen LogP contribution in [0.5, 0.6) is 0 Å². The van der Waals surface area contributed by atoms with E-state index in [1.54, 1.807) is 12.1 Å². The highest BCUT2D eigenvalue weighted by Crippen LogP contribution is 2.24. The van der Waals surface area contributed by atoms with Gasteiger partial charge in [0.2, 0.25) is 15.9 Å². The summed E-state index contributed by atoms with van der Waals surface area (Å²) in [6.45, 7) is 5.40. The van der Waals surface area contributed by atoms with Crippen LogP contribution in [-0.4, -0.2) is 44.6 Å². The molecule has 2 aromatic carbocycles. The van der Waals surface area contributed by atoms with E-state index >= 15 is 0 Å². The summed E-state index contributed by atoms with van der Waals surface area (Å²) in [7, 11) is -2.50. The molecule has 0 aromatic heterocycles. The number of hydrogen-bond donors (Lipinski definition) is 1. The Kier molecular flexibility index (Phi) is 7.21. The quantitative estimate of drug-likeness (QED) is 0.644. The van der Waals surface area contributed by atoms with Crippen LogP contribution in [0, 0.1) is 0 Å². The Morgan fingerprint density at radius 1 is 1.03 bits per heavy atom. The van der Waals surface area contributed by atoms with Crippen LogP contribution in [0.3, 0.4) is 0 Å². The number of benzene rings is 2. The lowest BCUT2D eigenvalue weighted by atomic mass is 9.84. The van der Waals surface area contributed by atoms with Crippen molar-refractivity contribution >= 4 is 33.3 Å². The number of rotatable bonds is 8. The van der Waals surface area contributed by atoms with Gasteiger partial charge in [-0.25, -0.2) is 8.42 Å². The van der Waals surface area contributed by atoms with Crippen LogP contribution in [0.2, 0.25) is 5.02 Å². The van der Waals surface area contributed by atoms with Gasteiger partial charge in [-0.2, -0.15) is 4.31 Å². The Labute approximate surface area is 176 Å². The number of sulfonamides is 1. The summed E-state index contributed by atoms with van der Waals surface area (Å²) in [6.07, 6.45) is 0. The standard InChI is InChI=1S/C21H25ClN2O4S/c1-15(25)16-5-11-19(12-6-16)29(27,28)24(4)13-20(26)23-14-21(2,3)17-7-9-18(22)10-8-17/h5-12H,13-14H2,1-4H3,(H,23,26). The topological polar surface area (TPSA) is 83.6 Å². The molecular formula is C21H25ClN2O4S. The molecule has 8 heteroatoms. The lowest BCUT2D eigenvalue weighted by Crippen LogP contribution is -2.42. The predicted octanol–water partition coefficient (Wildman–Crippen LogP) is 3.26. The van der Waals surface area contributed by atoms with E-state index in [1.165, 1.54) is 38.2 Å². The third-order valence-corrected chi connectivity index (χ3v) is 6.76. The van der Waals surface area contributed by atoms with Gasteiger partial charge >= 0.3 is 0 Å². The van der Waals surface area contributed by atoms with E-state index in [0.717, 1.165) is 9.87 Å². The Morgan fingerprint density at radius 2 is 1.59 bits per heavy atom. The number of carbonyl (C=O) groups excluding carboxylic acids is 2. The summed E-state index contributed by atoms with van der Waals surface area (Å²) in [5.41, 5.74) is 1.09. The van der Waals surface area contributed by atoms with Gasteiger partial charge in [0.15, 0.2) is 5.78 Å². The number of likely N-dealkylation sites (N-methyl/N-ethyl adjacent to an activating group) is 1. The molecule has 0 radical (unpaired) electrons. The van der Waals surface area contributed by atoms with E-state index in [2.05, 4.69) is 5.32 Å². The SMILES string of the molecule is CC(=O)c1ccc(S(=O)(=O)N(C)CC(=O)NCC(C)(C)c2ccc(Cl)cc2)cc1. The first-order valence-electron chi connectivity index (χ1n) is 9.03. The Hall–Kier alpha value is -2.22. The number of nitrogens with one attached hydrogen (secondary N) is 1. The molecule has 0 atom stereocenters. The smallest absolute Gasteiger partial charge is 0.243 e. The predicted molar refractivity (Wildman–Crippen MR) is 114 cm³/mol. The van der Waals surface area contributed by atoms with Gasteiger partial charge in [-0.3, -0.25) is 9.59 Å². The summed E-state index contributed by atoms with van der Waals surface area (Å²) < 4.78 is 26.3. The summed E-state index contributed by atoms with van der Waals surface area (Å²) in [5.74, 6) is -0.552. The molecule has 0 heterocycles. The molecule has 0 aliphatic heterocycles. The zero-order chi connectivity index (χ0) is 21.8. The number of hydrogen-bond acceptors (Lipinski definition) is 4. The average Bonchev–Trinajstić information content (AvgIpc) is 2.67. The minimum absolute atomic E-state index is 0.0271. The van der Waals surface area contributed by atoms with Crippen molar-refractivity contribution in [2.75, 3.05) is 20.1 Å². The molecule has 156 valence electrons. The zero-order valence-corrected chi connectivity index (χ0v) is 18.5. The van der Waals surface area contributed by atoms with Gasteiger partial charge in [0.05, 0.1) is 11.4 Å². The normalized spacial score (nSPS) is 12.1. The second kappa shape index (κ2) is 9.07. The first-order valence-corrected chi connectivity index (χ1v) is 10.9. The van der Waals surface area contributed by atoms with Crippen molar-refractivity contribution in [2.45, 2.75) is 31.1 Å². The van der Waals surface area contributed by atoms with E-state index in [1.807, 2.05) is 26.0 Å². The summed E-state index contributed by atoms with van der Waals surface area (Å²) in [6, 6.07) is 13.0. The summed E-state index contributed by atoms with van der Waals surface area (Å²) >= 11 is 5.92. The highest BCUT2D eigenvalue weighted by Gasteiger charge is 2.25. The monoisotopic (exact) mass is 436 g/mol. The van der Waals surface area contributed by atoms with Crippen molar-refractivity contribution < 1.29 is 18.0 Å². The third-order valence-electron chi connectivity index (χ3n) is 4.69. The molecule has 29 heavy (non-hydrogen) atoms. The molecule has 0 unspecified atom stereocenters. The number of carbonyl (C=O) groups is 2. The van der Waals surface area contributed by atoms with Crippen LogP contribution in [0.25, 0.3) is 0 Å². The van der Waals surface area contributed by atoms with Gasteiger partial charge in [0.25, 0.3) is 0 Å². The molecule has 0 fully saturated rings. The molecule has 0 aliphatic carbocycles. The number of nitrogens with zero attached hydrogens (tertiary/aromatic N) is 1. The van der Waals surface area contributed by atoms with Gasteiger partial charge in [0.1, 0.15) is 0 Å². The molecular weight excluding hydrogens is 412 g/mol. The van der Waals surface area contributed by atoms with E-state index in [-0.39, 0.29) is 22.6 Å². The Balaban J connectivity index is 2.00. The average molecular weight is 437 g/mol. The minimum atomic E-state index is -3.84. The number of ketones is 1. The van der Waals surface area contributed by atoms with Crippen LogP contribution in [0.15, 0.2) is 53.4 Å². The maximum absolute atomic E-state index is 12.7. The van der Waals surface area contributed by atoms with Crippen molar-refractivity contribution in [3.63, 3.8) is 0 Å². The van der Waals surface area contributed by atoms with E-state index in [9.17, 15) is 18.0 Å². The Bertz CT molecular complexity index is 984. The molecule has 0 aliphatic rings. The highest BCUT2D eigenvalue weighted by molar-refractivity contribution is 7.89. The molecule has 0 spiro atoms. The molecule has 0 bridgehead atoms. The van der Waals surface area contributed by atoms with E-state index in [4.69, 9.17) is 11.6 Å². The molecule has 2 rings (SSSR count). The molecule has 1 N–H and O–H groups in total. The van der Waals surface area contributed by atoms with Gasteiger partial charge in [-0.05, 0) is 36.8 Å². The molecule has 6 nitrogen and oxygen atoms in total. The van der Waals surface area contributed by atoms with Crippen molar-refractivity contribution in [2.24, 2.45) is 0 Å². The summed E-state index contributed by atoms with van der Waals surface area (Å²) in [4.78, 5) is 23.7. The first-order chi connectivity index (χ1) is 13.4. The fraction of sp³-hybridized carbons (Fsp3) is 0.333. The number of Topliss-reactive ketones (excluding diaryl/α,β-unsaturated/α-hetero) is 1. The second-order valence-corrected chi connectivity index (χ2v) is 9.99. The van der Waals surface area contributed by atoms with Gasteiger partial charge in [-0.15, -0.1) is 0 Å². The van der Waals surface area contributed by atoms with Gasteiger partial charge < -0.3 is 5.32 Å². The van der Waals surface area contributed by atoms with Gasteiger partial charge in [0, 0.05) is 29.6 Å².